The van der Waals surface area contributed by atoms with Crippen molar-refractivity contribution >= 4 is 0 Å². The molecule has 1 aliphatic carbocycles. The molecule has 1 atom stereocenters. The summed E-state index contributed by atoms with van der Waals surface area (Å²) in [5.74, 6) is 0.771. The van der Waals surface area contributed by atoms with Crippen molar-refractivity contribution in [2.24, 2.45) is 17.1 Å². The second kappa shape index (κ2) is 5.68. The number of hydrogen-bond acceptors (Lipinski definition) is 3. The van der Waals surface area contributed by atoms with Crippen LogP contribution in [0.3, 0.4) is 0 Å². The molecule has 1 unspecified atom stereocenters. The highest BCUT2D eigenvalue weighted by molar-refractivity contribution is 4.91. The average molecular weight is 239 g/mol. The third-order valence-corrected chi connectivity index (χ3v) is 4.65. The molecule has 2 aliphatic rings. The molecule has 1 heterocycles. The Labute approximate surface area is 106 Å². The molecule has 3 heteroatoms. The van der Waals surface area contributed by atoms with Crippen LogP contribution in [-0.2, 0) is 0 Å². The fourth-order valence-corrected chi connectivity index (χ4v) is 3.51. The minimum atomic E-state index is 0.256. The van der Waals surface area contributed by atoms with E-state index in [0.717, 1.165) is 25.6 Å². The van der Waals surface area contributed by atoms with Gasteiger partial charge in [0.25, 0.3) is 0 Å². The maximum absolute atomic E-state index is 6.53. The molecule has 1 saturated heterocycles. The number of hydrogen-bond donors (Lipinski definition) is 2. The first-order valence-electron chi connectivity index (χ1n) is 7.28. The normalized spacial score (nSPS) is 26.3. The van der Waals surface area contributed by atoms with Crippen molar-refractivity contribution < 1.29 is 0 Å². The number of rotatable bonds is 4. The molecule has 100 valence electrons. The van der Waals surface area contributed by atoms with Gasteiger partial charge >= 0.3 is 0 Å². The van der Waals surface area contributed by atoms with Crippen molar-refractivity contribution in [3.8, 4) is 0 Å². The molecule has 1 saturated carbocycles. The van der Waals surface area contributed by atoms with Crippen LogP contribution in [0.2, 0.25) is 0 Å². The lowest BCUT2D eigenvalue weighted by Crippen LogP contribution is -2.53. The van der Waals surface area contributed by atoms with Gasteiger partial charge in [-0.2, -0.15) is 0 Å². The van der Waals surface area contributed by atoms with Gasteiger partial charge in [-0.25, -0.2) is 0 Å². The Morgan fingerprint density at radius 3 is 2.41 bits per heavy atom. The zero-order chi connectivity index (χ0) is 12.3. The first-order valence-corrected chi connectivity index (χ1v) is 7.28. The van der Waals surface area contributed by atoms with Crippen molar-refractivity contribution in [1.82, 2.24) is 10.2 Å². The molecule has 0 amide bonds. The topological polar surface area (TPSA) is 41.3 Å². The molecule has 0 bridgehead atoms. The summed E-state index contributed by atoms with van der Waals surface area (Å²) in [5, 5.41) is 3.41. The quantitative estimate of drug-likeness (QED) is 0.780. The average Bonchev–Trinajstić information content (AvgIpc) is 2.82. The van der Waals surface area contributed by atoms with E-state index in [9.17, 15) is 0 Å². The van der Waals surface area contributed by atoms with E-state index in [2.05, 4.69) is 24.1 Å². The van der Waals surface area contributed by atoms with Gasteiger partial charge in [-0.15, -0.1) is 0 Å². The maximum atomic E-state index is 6.53. The first kappa shape index (κ1) is 13.3. The van der Waals surface area contributed by atoms with Crippen molar-refractivity contribution in [2.75, 3.05) is 32.7 Å². The van der Waals surface area contributed by atoms with Gasteiger partial charge in [0.05, 0.1) is 0 Å². The van der Waals surface area contributed by atoms with Crippen LogP contribution in [0.5, 0.6) is 0 Å². The molecule has 0 aromatic carbocycles. The zero-order valence-electron chi connectivity index (χ0n) is 11.5. The molecule has 3 nitrogen and oxygen atoms in total. The summed E-state index contributed by atoms with van der Waals surface area (Å²) >= 11 is 0. The fourth-order valence-electron chi connectivity index (χ4n) is 3.51. The van der Waals surface area contributed by atoms with Crippen LogP contribution >= 0.6 is 0 Å². The number of nitrogens with zero attached hydrogens (tertiary/aromatic N) is 1. The van der Waals surface area contributed by atoms with E-state index in [1.54, 1.807) is 0 Å². The predicted octanol–water partition coefficient (Wildman–Crippen LogP) is 1.44. The number of nitrogens with two attached hydrogens (primary N) is 1. The molecule has 2 rings (SSSR count). The second-order valence-electron chi connectivity index (χ2n) is 6.59. The van der Waals surface area contributed by atoms with Crippen LogP contribution in [0.1, 0.15) is 39.5 Å². The lowest BCUT2D eigenvalue weighted by Gasteiger charge is -2.41. The van der Waals surface area contributed by atoms with Gasteiger partial charge in [0.2, 0.25) is 0 Å². The molecule has 17 heavy (non-hydrogen) atoms. The molecular weight excluding hydrogens is 210 g/mol. The van der Waals surface area contributed by atoms with Gasteiger partial charge in [0.1, 0.15) is 0 Å². The van der Waals surface area contributed by atoms with E-state index in [0.29, 0.717) is 6.04 Å². The van der Waals surface area contributed by atoms with Crippen molar-refractivity contribution in [2.45, 2.75) is 45.6 Å². The maximum Gasteiger partial charge on any atom is 0.0131 e. The Bertz CT molecular complexity index is 228. The summed E-state index contributed by atoms with van der Waals surface area (Å²) in [6.45, 7) is 10.5. The number of piperazine rings is 1. The SMILES string of the molecule is CC(C)(CN1CCNCC1)C(N)C1CCCC1. The molecule has 0 spiro atoms. The first-order chi connectivity index (χ1) is 8.09. The molecule has 1 aliphatic heterocycles. The number of nitrogens with one attached hydrogen (secondary N) is 1. The highest BCUT2D eigenvalue weighted by Gasteiger charge is 2.35. The van der Waals surface area contributed by atoms with E-state index in [1.807, 2.05) is 0 Å². The third kappa shape index (κ3) is 3.43. The summed E-state index contributed by atoms with van der Waals surface area (Å²) in [7, 11) is 0. The Balaban J connectivity index is 1.87. The predicted molar refractivity (Wildman–Crippen MR) is 73.0 cm³/mol. The van der Waals surface area contributed by atoms with E-state index < -0.39 is 0 Å². The van der Waals surface area contributed by atoms with Gasteiger partial charge in [-0.1, -0.05) is 26.7 Å². The standard InChI is InChI=1S/C14H29N3/c1-14(2,11-17-9-7-16-8-10-17)13(15)12-5-3-4-6-12/h12-13,16H,3-11,15H2,1-2H3. The van der Waals surface area contributed by atoms with Gasteiger partial charge in [-0.3, -0.25) is 0 Å². The zero-order valence-corrected chi connectivity index (χ0v) is 11.5. The smallest absolute Gasteiger partial charge is 0.0131 e. The minimum absolute atomic E-state index is 0.256. The van der Waals surface area contributed by atoms with Crippen LogP contribution in [0.25, 0.3) is 0 Å². The summed E-state index contributed by atoms with van der Waals surface area (Å²) in [6.07, 6.45) is 5.49. The largest absolute Gasteiger partial charge is 0.327 e. The van der Waals surface area contributed by atoms with Crippen LogP contribution < -0.4 is 11.1 Å². The Kier molecular flexibility index (Phi) is 4.45. The van der Waals surface area contributed by atoms with Crippen molar-refractivity contribution in [3.63, 3.8) is 0 Å². The molecule has 0 aromatic heterocycles. The third-order valence-electron chi connectivity index (χ3n) is 4.65. The van der Waals surface area contributed by atoms with Crippen LogP contribution in [0, 0.1) is 11.3 Å². The van der Waals surface area contributed by atoms with Gasteiger partial charge in [0, 0.05) is 38.8 Å². The molecular formula is C14H29N3. The Hall–Kier alpha value is -0.120. The van der Waals surface area contributed by atoms with Crippen LogP contribution in [0.15, 0.2) is 0 Å². The Morgan fingerprint density at radius 1 is 1.24 bits per heavy atom. The van der Waals surface area contributed by atoms with E-state index in [4.69, 9.17) is 5.73 Å². The highest BCUT2D eigenvalue weighted by Crippen LogP contribution is 2.35. The molecule has 2 fully saturated rings. The lowest BCUT2D eigenvalue weighted by atomic mass is 9.76. The second-order valence-corrected chi connectivity index (χ2v) is 6.59. The van der Waals surface area contributed by atoms with Gasteiger partial charge < -0.3 is 16.0 Å². The summed E-state index contributed by atoms with van der Waals surface area (Å²) < 4.78 is 0. The van der Waals surface area contributed by atoms with Crippen LogP contribution in [-0.4, -0.2) is 43.7 Å². The molecule has 3 N–H and O–H groups in total. The van der Waals surface area contributed by atoms with Crippen molar-refractivity contribution in [3.05, 3.63) is 0 Å². The minimum Gasteiger partial charge on any atom is -0.327 e. The van der Waals surface area contributed by atoms with E-state index >= 15 is 0 Å². The van der Waals surface area contributed by atoms with Crippen LogP contribution in [0.4, 0.5) is 0 Å². The molecule has 0 radical (unpaired) electrons. The van der Waals surface area contributed by atoms with E-state index in [-0.39, 0.29) is 5.41 Å². The van der Waals surface area contributed by atoms with Gasteiger partial charge in [0.15, 0.2) is 0 Å². The summed E-state index contributed by atoms with van der Waals surface area (Å²) in [4.78, 5) is 2.57. The Morgan fingerprint density at radius 2 is 1.82 bits per heavy atom. The van der Waals surface area contributed by atoms with E-state index in [1.165, 1.54) is 38.8 Å². The monoisotopic (exact) mass is 239 g/mol. The highest BCUT2D eigenvalue weighted by atomic mass is 15.2. The molecule has 0 aromatic rings. The van der Waals surface area contributed by atoms with Crippen molar-refractivity contribution in [1.29, 1.82) is 0 Å². The lowest BCUT2D eigenvalue weighted by molar-refractivity contribution is 0.116. The summed E-state index contributed by atoms with van der Waals surface area (Å²) in [6, 6.07) is 0.375. The summed E-state index contributed by atoms with van der Waals surface area (Å²) in [5.41, 5.74) is 6.79. The fraction of sp³-hybridized carbons (Fsp3) is 1.00. The van der Waals surface area contributed by atoms with Gasteiger partial charge in [-0.05, 0) is 24.2 Å².